The molecule has 0 radical (unpaired) electrons. The Balaban J connectivity index is 2.33. The van der Waals surface area contributed by atoms with Gasteiger partial charge in [0.1, 0.15) is 11.6 Å². The van der Waals surface area contributed by atoms with Crippen LogP contribution in [-0.4, -0.2) is 34.3 Å². The van der Waals surface area contributed by atoms with Gasteiger partial charge in [0, 0.05) is 25.3 Å². The number of nitrogen functional groups attached to an aromatic ring is 1. The molecule has 0 aliphatic heterocycles. The van der Waals surface area contributed by atoms with Gasteiger partial charge in [-0.25, -0.2) is 15.8 Å². The van der Waals surface area contributed by atoms with Crippen molar-refractivity contribution in [1.82, 2.24) is 9.97 Å². The smallest absolute Gasteiger partial charge is 0.396 e. The van der Waals surface area contributed by atoms with E-state index in [2.05, 4.69) is 15.4 Å². The Kier molecular flexibility index (Phi) is 4.84. The number of nitrogens with two attached hydrogens (primary N) is 1. The van der Waals surface area contributed by atoms with Gasteiger partial charge in [-0.3, -0.25) is 0 Å². The zero-order valence-corrected chi connectivity index (χ0v) is 11.4. The molecular weight excluding hydrogens is 287 g/mol. The molecule has 0 saturated heterocycles. The minimum Gasteiger partial charge on any atom is -0.396 e. The van der Waals surface area contributed by atoms with E-state index in [4.69, 9.17) is 10.9 Å². The van der Waals surface area contributed by atoms with E-state index in [9.17, 15) is 13.2 Å². The standard InChI is InChI=1S/C12H18F3N5O/c13-12(14,15)11-17-9(19-16)7-10(18-11)20(5-2-6-21)8-3-1-4-8/h7-8,21H,1-6,16H2,(H,17,18,19). The molecule has 0 amide bonds. The molecule has 6 nitrogen and oxygen atoms in total. The SMILES string of the molecule is NNc1cc(N(CCCO)C2CCC2)nc(C(F)(F)F)n1. The fourth-order valence-corrected chi connectivity index (χ4v) is 2.21. The number of aliphatic hydroxyl groups excluding tert-OH is 1. The number of aromatic nitrogens is 2. The molecule has 1 heterocycles. The molecule has 0 atom stereocenters. The summed E-state index contributed by atoms with van der Waals surface area (Å²) < 4.78 is 38.5. The zero-order chi connectivity index (χ0) is 15.5. The van der Waals surface area contributed by atoms with Crippen LogP contribution in [0.5, 0.6) is 0 Å². The Morgan fingerprint density at radius 2 is 2.10 bits per heavy atom. The summed E-state index contributed by atoms with van der Waals surface area (Å²) in [7, 11) is 0. The summed E-state index contributed by atoms with van der Waals surface area (Å²) in [4.78, 5) is 8.75. The molecular formula is C12H18F3N5O. The van der Waals surface area contributed by atoms with Gasteiger partial charge in [0.2, 0.25) is 5.82 Å². The molecule has 0 unspecified atom stereocenters. The van der Waals surface area contributed by atoms with Crippen LogP contribution in [0.25, 0.3) is 0 Å². The summed E-state index contributed by atoms with van der Waals surface area (Å²) in [5.41, 5.74) is 2.14. The van der Waals surface area contributed by atoms with Gasteiger partial charge in [0.25, 0.3) is 0 Å². The van der Waals surface area contributed by atoms with Crippen molar-refractivity contribution in [3.63, 3.8) is 0 Å². The molecule has 9 heteroatoms. The van der Waals surface area contributed by atoms with E-state index in [0.29, 0.717) is 13.0 Å². The maximum Gasteiger partial charge on any atom is 0.451 e. The van der Waals surface area contributed by atoms with E-state index >= 15 is 0 Å². The highest BCUT2D eigenvalue weighted by atomic mass is 19.4. The second-order valence-electron chi connectivity index (χ2n) is 4.93. The molecule has 1 aromatic heterocycles. The summed E-state index contributed by atoms with van der Waals surface area (Å²) in [5.74, 6) is 4.07. The Morgan fingerprint density at radius 3 is 2.57 bits per heavy atom. The monoisotopic (exact) mass is 305 g/mol. The number of alkyl halides is 3. The van der Waals surface area contributed by atoms with Gasteiger partial charge in [0.15, 0.2) is 0 Å². The lowest BCUT2D eigenvalue weighted by Crippen LogP contribution is -2.42. The van der Waals surface area contributed by atoms with Crippen LogP contribution in [0.15, 0.2) is 6.07 Å². The lowest BCUT2D eigenvalue weighted by molar-refractivity contribution is -0.144. The number of hydrogen-bond donors (Lipinski definition) is 3. The van der Waals surface area contributed by atoms with Gasteiger partial charge < -0.3 is 15.4 Å². The van der Waals surface area contributed by atoms with Gasteiger partial charge in [-0.1, -0.05) is 0 Å². The highest BCUT2D eigenvalue weighted by Crippen LogP contribution is 2.33. The van der Waals surface area contributed by atoms with Gasteiger partial charge in [0.05, 0.1) is 0 Å². The van der Waals surface area contributed by atoms with Crippen LogP contribution in [0.4, 0.5) is 24.8 Å². The molecule has 1 aliphatic carbocycles. The van der Waals surface area contributed by atoms with Crippen LogP contribution in [0, 0.1) is 0 Å². The number of hydrazine groups is 1. The number of nitrogens with one attached hydrogen (secondary N) is 1. The second kappa shape index (κ2) is 6.44. The van der Waals surface area contributed by atoms with Crippen molar-refractivity contribution in [2.75, 3.05) is 23.5 Å². The third-order valence-corrected chi connectivity index (χ3v) is 3.48. The highest BCUT2D eigenvalue weighted by Gasteiger charge is 2.36. The molecule has 1 aliphatic rings. The Bertz CT molecular complexity index is 478. The van der Waals surface area contributed by atoms with E-state index in [-0.39, 0.29) is 24.3 Å². The Morgan fingerprint density at radius 1 is 1.38 bits per heavy atom. The van der Waals surface area contributed by atoms with Gasteiger partial charge in [-0.05, 0) is 25.7 Å². The molecule has 2 rings (SSSR count). The first kappa shape index (κ1) is 15.8. The fraction of sp³-hybridized carbons (Fsp3) is 0.667. The molecule has 1 saturated carbocycles. The Hall–Kier alpha value is -1.61. The third kappa shape index (κ3) is 3.73. The first-order valence-electron chi connectivity index (χ1n) is 6.76. The number of halogens is 3. The lowest BCUT2D eigenvalue weighted by Gasteiger charge is -2.38. The maximum absolute atomic E-state index is 12.8. The average molecular weight is 305 g/mol. The quantitative estimate of drug-likeness (QED) is 0.545. The Labute approximate surface area is 120 Å². The number of hydrogen-bond acceptors (Lipinski definition) is 6. The summed E-state index contributed by atoms with van der Waals surface area (Å²) in [6, 6.07) is 1.54. The van der Waals surface area contributed by atoms with Crippen LogP contribution in [0.3, 0.4) is 0 Å². The summed E-state index contributed by atoms with van der Waals surface area (Å²) >= 11 is 0. The zero-order valence-electron chi connectivity index (χ0n) is 11.4. The van der Waals surface area contributed by atoms with E-state index in [1.807, 2.05) is 0 Å². The predicted octanol–water partition coefficient (Wildman–Crippen LogP) is 1.52. The van der Waals surface area contributed by atoms with Crippen LogP contribution in [0.1, 0.15) is 31.5 Å². The van der Waals surface area contributed by atoms with E-state index in [1.165, 1.54) is 6.07 Å². The number of anilines is 2. The van der Waals surface area contributed by atoms with Crippen LogP contribution in [-0.2, 0) is 6.18 Å². The molecule has 1 fully saturated rings. The van der Waals surface area contributed by atoms with E-state index in [0.717, 1.165) is 19.3 Å². The normalized spacial score (nSPS) is 15.7. The number of rotatable bonds is 6. The molecule has 1 aromatic rings. The second-order valence-corrected chi connectivity index (χ2v) is 4.93. The third-order valence-electron chi connectivity index (χ3n) is 3.48. The van der Waals surface area contributed by atoms with Crippen molar-refractivity contribution in [2.24, 2.45) is 5.84 Å². The van der Waals surface area contributed by atoms with Gasteiger partial charge >= 0.3 is 6.18 Å². The number of aliphatic hydroxyl groups is 1. The highest BCUT2D eigenvalue weighted by molar-refractivity contribution is 5.50. The predicted molar refractivity (Wildman–Crippen MR) is 71.5 cm³/mol. The van der Waals surface area contributed by atoms with Gasteiger partial charge in [-0.2, -0.15) is 13.2 Å². The molecule has 0 bridgehead atoms. The number of nitrogens with zero attached hydrogens (tertiary/aromatic N) is 3. The first-order valence-corrected chi connectivity index (χ1v) is 6.76. The summed E-state index contributed by atoms with van der Waals surface area (Å²) in [6.45, 7) is 0.419. The van der Waals surface area contributed by atoms with Crippen molar-refractivity contribution in [2.45, 2.75) is 37.9 Å². The summed E-state index contributed by atoms with van der Waals surface area (Å²) in [6.07, 6.45) is -1.32. The fourth-order valence-electron chi connectivity index (χ4n) is 2.21. The van der Waals surface area contributed by atoms with Gasteiger partial charge in [-0.15, -0.1) is 0 Å². The molecule has 118 valence electrons. The summed E-state index contributed by atoms with van der Waals surface area (Å²) in [5, 5.41) is 8.95. The van der Waals surface area contributed by atoms with Crippen molar-refractivity contribution in [3.05, 3.63) is 11.9 Å². The van der Waals surface area contributed by atoms with Crippen LogP contribution < -0.4 is 16.2 Å². The van der Waals surface area contributed by atoms with Crippen LogP contribution in [0.2, 0.25) is 0 Å². The van der Waals surface area contributed by atoms with Crippen molar-refractivity contribution in [3.8, 4) is 0 Å². The molecule has 4 N–H and O–H groups in total. The minimum atomic E-state index is -4.64. The lowest BCUT2D eigenvalue weighted by atomic mass is 9.91. The molecule has 0 aromatic carbocycles. The van der Waals surface area contributed by atoms with Crippen molar-refractivity contribution >= 4 is 11.6 Å². The molecule has 0 spiro atoms. The van der Waals surface area contributed by atoms with Crippen molar-refractivity contribution < 1.29 is 18.3 Å². The maximum atomic E-state index is 12.8. The van der Waals surface area contributed by atoms with Crippen molar-refractivity contribution in [1.29, 1.82) is 0 Å². The topological polar surface area (TPSA) is 87.3 Å². The van der Waals surface area contributed by atoms with E-state index < -0.39 is 12.0 Å². The largest absolute Gasteiger partial charge is 0.451 e. The minimum absolute atomic E-state index is 0.0254. The van der Waals surface area contributed by atoms with E-state index in [1.54, 1.807) is 4.90 Å². The van der Waals surface area contributed by atoms with Crippen LogP contribution >= 0.6 is 0 Å². The first-order chi connectivity index (χ1) is 9.95. The molecule has 21 heavy (non-hydrogen) atoms. The average Bonchev–Trinajstić information content (AvgIpc) is 2.39.